The molecule has 0 atom stereocenters. The zero-order valence-corrected chi connectivity index (χ0v) is 10.2. The monoisotopic (exact) mass is 250 g/mol. The van der Waals surface area contributed by atoms with Crippen LogP contribution in [0.3, 0.4) is 0 Å². The highest BCUT2D eigenvalue weighted by atomic mass is 16.5. The maximum absolute atomic E-state index is 10.9. The van der Waals surface area contributed by atoms with Crippen LogP contribution in [-0.4, -0.2) is 38.4 Å². The van der Waals surface area contributed by atoms with Gasteiger partial charge in [-0.15, -0.1) is 0 Å². The summed E-state index contributed by atoms with van der Waals surface area (Å²) in [6, 6.07) is 1.85. The standard InChI is InChI=1S/C11H14N4O3/c1-7-3-9(18-14-7)6-15(2)5-8-4-12-13-10(8)11(16)17/h3-4H,5-6H2,1-2H3,(H,12,13)(H,16,17). The molecule has 96 valence electrons. The van der Waals surface area contributed by atoms with Crippen LogP contribution in [0, 0.1) is 6.92 Å². The number of H-pyrrole nitrogens is 1. The number of hydrogen-bond donors (Lipinski definition) is 2. The van der Waals surface area contributed by atoms with Gasteiger partial charge in [0.1, 0.15) is 5.69 Å². The van der Waals surface area contributed by atoms with E-state index in [9.17, 15) is 4.79 Å². The van der Waals surface area contributed by atoms with E-state index in [0.717, 1.165) is 11.5 Å². The van der Waals surface area contributed by atoms with Crippen molar-refractivity contribution in [2.45, 2.75) is 20.0 Å². The summed E-state index contributed by atoms with van der Waals surface area (Å²) in [6.45, 7) is 2.88. The highest BCUT2D eigenvalue weighted by Crippen LogP contribution is 2.11. The molecule has 0 aliphatic rings. The summed E-state index contributed by atoms with van der Waals surface area (Å²) in [5.74, 6) is -0.262. The first kappa shape index (κ1) is 12.3. The zero-order chi connectivity index (χ0) is 13.1. The van der Waals surface area contributed by atoms with E-state index in [1.807, 2.05) is 24.9 Å². The van der Waals surface area contributed by atoms with Crippen LogP contribution < -0.4 is 0 Å². The molecule has 7 heteroatoms. The molecule has 0 spiro atoms. The first-order chi connectivity index (χ1) is 8.56. The molecule has 0 saturated carbocycles. The second-order valence-corrected chi connectivity index (χ2v) is 4.18. The number of carbonyl (C=O) groups is 1. The summed E-state index contributed by atoms with van der Waals surface area (Å²) in [5.41, 5.74) is 1.59. The average Bonchev–Trinajstić information content (AvgIpc) is 2.87. The van der Waals surface area contributed by atoms with Gasteiger partial charge in [-0.3, -0.25) is 10.00 Å². The van der Waals surface area contributed by atoms with E-state index in [1.165, 1.54) is 6.20 Å². The number of rotatable bonds is 5. The molecule has 0 amide bonds. The molecule has 0 fully saturated rings. The Morgan fingerprint density at radius 1 is 1.56 bits per heavy atom. The van der Waals surface area contributed by atoms with Crippen molar-refractivity contribution in [3.05, 3.63) is 35.0 Å². The molecule has 2 aromatic heterocycles. The molecule has 2 aromatic rings. The lowest BCUT2D eigenvalue weighted by molar-refractivity contribution is 0.0688. The number of carboxylic acids is 1. The molecule has 0 aromatic carbocycles. The molecule has 0 bridgehead atoms. The highest BCUT2D eigenvalue weighted by molar-refractivity contribution is 5.86. The van der Waals surface area contributed by atoms with Gasteiger partial charge in [0.25, 0.3) is 0 Å². The predicted octanol–water partition coefficient (Wildman–Crippen LogP) is 1.04. The van der Waals surface area contributed by atoms with Crippen LogP contribution in [0.25, 0.3) is 0 Å². The number of aromatic amines is 1. The number of aryl methyl sites for hydroxylation is 1. The topological polar surface area (TPSA) is 95.2 Å². The number of aromatic nitrogens is 3. The van der Waals surface area contributed by atoms with E-state index in [0.29, 0.717) is 18.7 Å². The van der Waals surface area contributed by atoms with Crippen LogP contribution in [0.2, 0.25) is 0 Å². The average molecular weight is 250 g/mol. The molecule has 0 saturated heterocycles. The molecule has 2 heterocycles. The van der Waals surface area contributed by atoms with Crippen LogP contribution in [0.4, 0.5) is 0 Å². The largest absolute Gasteiger partial charge is 0.477 e. The number of nitrogens with zero attached hydrogens (tertiary/aromatic N) is 3. The molecular formula is C11H14N4O3. The Bertz CT molecular complexity index is 546. The number of nitrogens with one attached hydrogen (secondary N) is 1. The van der Waals surface area contributed by atoms with Crippen molar-refractivity contribution in [3.8, 4) is 0 Å². The second kappa shape index (κ2) is 5.01. The predicted molar refractivity (Wildman–Crippen MR) is 62.0 cm³/mol. The van der Waals surface area contributed by atoms with Gasteiger partial charge in [0, 0.05) is 18.2 Å². The Hall–Kier alpha value is -2.15. The Balaban J connectivity index is 2.00. The summed E-state index contributed by atoms with van der Waals surface area (Å²) < 4.78 is 5.10. The molecule has 2 N–H and O–H groups in total. The van der Waals surface area contributed by atoms with E-state index < -0.39 is 5.97 Å². The van der Waals surface area contributed by atoms with E-state index in [2.05, 4.69) is 15.4 Å². The second-order valence-electron chi connectivity index (χ2n) is 4.18. The van der Waals surface area contributed by atoms with Crippen LogP contribution in [0.5, 0.6) is 0 Å². The summed E-state index contributed by atoms with van der Waals surface area (Å²) >= 11 is 0. The van der Waals surface area contributed by atoms with Crippen LogP contribution in [0.15, 0.2) is 16.8 Å². The van der Waals surface area contributed by atoms with Gasteiger partial charge in [-0.1, -0.05) is 5.16 Å². The molecule has 0 aliphatic heterocycles. The minimum atomic E-state index is -1.01. The molecule has 0 aliphatic carbocycles. The number of hydrogen-bond acceptors (Lipinski definition) is 5. The van der Waals surface area contributed by atoms with Crippen molar-refractivity contribution in [1.29, 1.82) is 0 Å². The lowest BCUT2D eigenvalue weighted by Gasteiger charge is -2.13. The fourth-order valence-electron chi connectivity index (χ4n) is 1.72. The molecule has 7 nitrogen and oxygen atoms in total. The quantitative estimate of drug-likeness (QED) is 0.823. The van der Waals surface area contributed by atoms with Crippen molar-refractivity contribution >= 4 is 5.97 Å². The third-order valence-electron chi connectivity index (χ3n) is 2.47. The Morgan fingerprint density at radius 3 is 2.94 bits per heavy atom. The van der Waals surface area contributed by atoms with E-state index in [4.69, 9.17) is 9.63 Å². The van der Waals surface area contributed by atoms with Crippen molar-refractivity contribution in [3.63, 3.8) is 0 Å². The summed E-state index contributed by atoms with van der Waals surface area (Å²) in [4.78, 5) is 12.8. The third-order valence-corrected chi connectivity index (χ3v) is 2.47. The molecule has 0 radical (unpaired) electrons. The molecule has 18 heavy (non-hydrogen) atoms. The Kier molecular flexibility index (Phi) is 3.42. The normalized spacial score (nSPS) is 11.1. The van der Waals surface area contributed by atoms with Crippen molar-refractivity contribution in [2.24, 2.45) is 0 Å². The molecule has 0 unspecified atom stereocenters. The van der Waals surface area contributed by atoms with E-state index in [-0.39, 0.29) is 5.69 Å². The Morgan fingerprint density at radius 2 is 2.33 bits per heavy atom. The van der Waals surface area contributed by atoms with Crippen LogP contribution >= 0.6 is 0 Å². The lowest BCUT2D eigenvalue weighted by atomic mass is 10.2. The van der Waals surface area contributed by atoms with Gasteiger partial charge >= 0.3 is 5.97 Å². The Labute approximate surface area is 103 Å². The van der Waals surface area contributed by atoms with Gasteiger partial charge in [0.15, 0.2) is 5.76 Å². The van der Waals surface area contributed by atoms with Crippen molar-refractivity contribution < 1.29 is 14.4 Å². The van der Waals surface area contributed by atoms with Gasteiger partial charge in [-0.2, -0.15) is 5.10 Å². The summed E-state index contributed by atoms with van der Waals surface area (Å²) in [5, 5.41) is 18.9. The van der Waals surface area contributed by atoms with Gasteiger partial charge in [-0.25, -0.2) is 4.79 Å². The fourth-order valence-corrected chi connectivity index (χ4v) is 1.72. The molecular weight excluding hydrogens is 236 g/mol. The van der Waals surface area contributed by atoms with Gasteiger partial charge < -0.3 is 9.63 Å². The fraction of sp³-hybridized carbons (Fsp3) is 0.364. The third kappa shape index (κ3) is 2.75. The maximum atomic E-state index is 10.9. The van der Waals surface area contributed by atoms with Gasteiger partial charge in [-0.05, 0) is 14.0 Å². The minimum Gasteiger partial charge on any atom is -0.477 e. The first-order valence-corrected chi connectivity index (χ1v) is 5.42. The van der Waals surface area contributed by atoms with Gasteiger partial charge in [0.05, 0.1) is 18.4 Å². The zero-order valence-electron chi connectivity index (χ0n) is 10.2. The number of aromatic carboxylic acids is 1. The van der Waals surface area contributed by atoms with Crippen LogP contribution in [0.1, 0.15) is 27.5 Å². The maximum Gasteiger partial charge on any atom is 0.354 e. The SMILES string of the molecule is Cc1cc(CN(C)Cc2cn[nH]c2C(=O)O)on1. The van der Waals surface area contributed by atoms with E-state index >= 15 is 0 Å². The summed E-state index contributed by atoms with van der Waals surface area (Å²) in [6.07, 6.45) is 1.52. The molecule has 2 rings (SSSR count). The first-order valence-electron chi connectivity index (χ1n) is 5.42. The minimum absolute atomic E-state index is 0.121. The smallest absolute Gasteiger partial charge is 0.354 e. The highest BCUT2D eigenvalue weighted by Gasteiger charge is 2.14. The van der Waals surface area contributed by atoms with E-state index in [1.54, 1.807) is 0 Å². The van der Waals surface area contributed by atoms with Crippen molar-refractivity contribution in [2.75, 3.05) is 7.05 Å². The summed E-state index contributed by atoms with van der Waals surface area (Å²) in [7, 11) is 1.87. The van der Waals surface area contributed by atoms with Gasteiger partial charge in [0.2, 0.25) is 0 Å². The van der Waals surface area contributed by atoms with Crippen molar-refractivity contribution in [1.82, 2.24) is 20.3 Å². The number of carboxylic acid groups (broad SMARTS) is 1. The van der Waals surface area contributed by atoms with Crippen LogP contribution in [-0.2, 0) is 13.1 Å². The lowest BCUT2D eigenvalue weighted by Crippen LogP contribution is -2.18.